The number of hydrogen-bond acceptors (Lipinski definition) is 0. The zero-order valence-corrected chi connectivity index (χ0v) is 26.5. The summed E-state index contributed by atoms with van der Waals surface area (Å²) in [6.45, 7) is 9.15. The SMILES string of the molecule is CC1=Cc2c(-c3ccc(C(C)(C)C)cc3)cccc2C1CC[C]1c2ccccc2-c2ccccc21.[Cl][Zr][Cl]. The van der Waals surface area contributed by atoms with Crippen LogP contribution in [0.1, 0.15) is 74.3 Å². The molecule has 0 amide bonds. The number of hydrogen-bond donors (Lipinski definition) is 0. The van der Waals surface area contributed by atoms with Gasteiger partial charge in [-0.1, -0.05) is 123 Å². The first-order valence-electron chi connectivity index (χ1n) is 13.3. The maximum atomic E-state index is 4.93. The van der Waals surface area contributed by atoms with Crippen molar-refractivity contribution < 1.29 is 20.8 Å². The van der Waals surface area contributed by atoms with Gasteiger partial charge in [0.1, 0.15) is 0 Å². The number of fused-ring (bicyclic) bond motifs is 4. The summed E-state index contributed by atoms with van der Waals surface area (Å²) >= 11 is -0.826. The minimum atomic E-state index is -0.826. The van der Waals surface area contributed by atoms with Crippen LogP contribution in [0, 0.1) is 5.92 Å². The van der Waals surface area contributed by atoms with Crippen LogP contribution in [0.3, 0.4) is 0 Å². The Bertz CT molecular complexity index is 1410. The van der Waals surface area contributed by atoms with Gasteiger partial charge in [-0.25, -0.2) is 0 Å². The molecule has 2 aliphatic rings. The van der Waals surface area contributed by atoms with Gasteiger partial charge in [0.2, 0.25) is 0 Å². The summed E-state index contributed by atoms with van der Waals surface area (Å²) in [5.74, 6) is 1.98. The molecular weight excluding hydrogens is 583 g/mol. The van der Waals surface area contributed by atoms with Gasteiger partial charge in [0.15, 0.2) is 0 Å². The molecule has 1 atom stereocenters. The predicted molar refractivity (Wildman–Crippen MR) is 161 cm³/mol. The van der Waals surface area contributed by atoms with E-state index in [0.717, 1.165) is 12.8 Å². The van der Waals surface area contributed by atoms with E-state index in [9.17, 15) is 0 Å². The molecule has 0 spiro atoms. The van der Waals surface area contributed by atoms with Crippen molar-refractivity contribution in [3.8, 4) is 22.3 Å². The fourth-order valence-electron chi connectivity index (χ4n) is 6.07. The Hall–Kier alpha value is -1.92. The molecule has 0 saturated heterocycles. The van der Waals surface area contributed by atoms with Crippen molar-refractivity contribution in [3.63, 3.8) is 0 Å². The van der Waals surface area contributed by atoms with Crippen molar-refractivity contribution >= 4 is 23.1 Å². The Balaban J connectivity index is 0.000000937. The van der Waals surface area contributed by atoms with E-state index in [1.807, 2.05) is 0 Å². The molecule has 38 heavy (non-hydrogen) atoms. The van der Waals surface area contributed by atoms with E-state index in [-0.39, 0.29) is 5.41 Å². The van der Waals surface area contributed by atoms with Crippen LogP contribution in [0.15, 0.2) is 96.6 Å². The molecule has 6 rings (SSSR count). The first kappa shape index (κ1) is 27.6. The Morgan fingerprint density at radius 1 is 0.684 bits per heavy atom. The molecule has 191 valence electrons. The van der Waals surface area contributed by atoms with Gasteiger partial charge in [-0.3, -0.25) is 0 Å². The maximum absolute atomic E-state index is 4.93. The fraction of sp³-hybridized carbons (Fsp3) is 0.229. The second-order valence-electron chi connectivity index (χ2n) is 11.3. The molecule has 0 N–H and O–H groups in total. The van der Waals surface area contributed by atoms with Crippen molar-refractivity contribution in [3.05, 3.63) is 130 Å². The molecule has 1 radical (unpaired) electrons. The normalized spacial score (nSPS) is 15.6. The topological polar surface area (TPSA) is 0 Å². The van der Waals surface area contributed by atoms with Crippen LogP contribution in [-0.2, 0) is 26.3 Å². The van der Waals surface area contributed by atoms with Crippen molar-refractivity contribution in [2.24, 2.45) is 0 Å². The summed E-state index contributed by atoms with van der Waals surface area (Å²) in [4.78, 5) is 0. The Morgan fingerprint density at radius 3 is 1.76 bits per heavy atom. The molecule has 0 nitrogen and oxygen atoms in total. The molecular formula is C35H33Cl2Zr. The van der Waals surface area contributed by atoms with E-state index < -0.39 is 20.8 Å². The molecule has 3 heteroatoms. The van der Waals surface area contributed by atoms with Gasteiger partial charge < -0.3 is 0 Å². The predicted octanol–water partition coefficient (Wildman–Crippen LogP) is 11.0. The van der Waals surface area contributed by atoms with E-state index in [1.54, 1.807) is 0 Å². The van der Waals surface area contributed by atoms with Gasteiger partial charge in [-0.05, 0) is 75.3 Å². The van der Waals surface area contributed by atoms with Gasteiger partial charge in [0.05, 0.1) is 0 Å². The number of benzene rings is 4. The Labute approximate surface area is 246 Å². The molecule has 0 bridgehead atoms. The average Bonchev–Trinajstić information content (AvgIpc) is 3.41. The molecule has 0 saturated carbocycles. The summed E-state index contributed by atoms with van der Waals surface area (Å²) in [6, 6.07) is 33.9. The molecule has 4 aromatic carbocycles. The molecule has 4 aromatic rings. The van der Waals surface area contributed by atoms with Gasteiger partial charge in [-0.2, -0.15) is 0 Å². The van der Waals surface area contributed by atoms with Crippen molar-refractivity contribution in [2.75, 3.05) is 0 Å². The summed E-state index contributed by atoms with van der Waals surface area (Å²) in [5, 5.41) is 0. The molecule has 0 aromatic heterocycles. The third kappa shape index (κ3) is 5.40. The third-order valence-electron chi connectivity index (χ3n) is 7.98. The summed E-state index contributed by atoms with van der Waals surface area (Å²) < 4.78 is 0. The summed E-state index contributed by atoms with van der Waals surface area (Å²) in [5.41, 5.74) is 14.2. The van der Waals surface area contributed by atoms with E-state index in [0.29, 0.717) is 5.92 Å². The van der Waals surface area contributed by atoms with Gasteiger partial charge in [0, 0.05) is 11.8 Å². The quantitative estimate of drug-likeness (QED) is 0.214. The van der Waals surface area contributed by atoms with Crippen molar-refractivity contribution in [1.82, 2.24) is 0 Å². The van der Waals surface area contributed by atoms with E-state index in [2.05, 4.69) is 125 Å². The fourth-order valence-corrected chi connectivity index (χ4v) is 6.07. The van der Waals surface area contributed by atoms with Crippen LogP contribution in [0.4, 0.5) is 0 Å². The minimum absolute atomic E-state index is 0.174. The standard InChI is InChI=1S/C35H33.2ClH.Zr/c1-23-22-34-27(24-16-18-25(19-17-24)35(2,3)4)14-9-15-28(34)26(23)20-21-33-31-12-7-5-10-29(31)30-11-6-8-13-32(30)33;;;/h5-19,22,26H,20-21H2,1-4H3;2*1H;/q;;;+2/p-2. The molecule has 0 fully saturated rings. The van der Waals surface area contributed by atoms with Gasteiger partial charge in [-0.15, -0.1) is 0 Å². The van der Waals surface area contributed by atoms with Gasteiger partial charge in [0.25, 0.3) is 0 Å². The second kappa shape index (κ2) is 11.7. The zero-order chi connectivity index (χ0) is 26.9. The summed E-state index contributed by atoms with van der Waals surface area (Å²) in [7, 11) is 9.87. The number of allylic oxidation sites excluding steroid dienone is 1. The molecule has 0 aliphatic heterocycles. The second-order valence-corrected chi connectivity index (χ2v) is 15.0. The van der Waals surface area contributed by atoms with Crippen LogP contribution in [0.25, 0.3) is 28.3 Å². The Morgan fingerprint density at radius 2 is 1.21 bits per heavy atom. The van der Waals surface area contributed by atoms with Crippen molar-refractivity contribution in [2.45, 2.75) is 51.9 Å². The third-order valence-corrected chi connectivity index (χ3v) is 7.98. The number of halogens is 2. The van der Waals surface area contributed by atoms with Crippen LogP contribution >= 0.6 is 17.0 Å². The molecule has 1 unspecified atom stereocenters. The van der Waals surface area contributed by atoms with Gasteiger partial charge >= 0.3 is 37.9 Å². The molecule has 0 heterocycles. The van der Waals surface area contributed by atoms with Crippen LogP contribution < -0.4 is 0 Å². The Kier molecular flexibility index (Phi) is 8.49. The first-order valence-corrected chi connectivity index (χ1v) is 19.6. The zero-order valence-electron chi connectivity index (χ0n) is 22.5. The summed E-state index contributed by atoms with van der Waals surface area (Å²) in [6.07, 6.45) is 4.67. The van der Waals surface area contributed by atoms with Crippen LogP contribution in [0.2, 0.25) is 0 Å². The average molecular weight is 616 g/mol. The van der Waals surface area contributed by atoms with Crippen LogP contribution in [-0.4, -0.2) is 0 Å². The van der Waals surface area contributed by atoms with E-state index in [4.69, 9.17) is 17.0 Å². The van der Waals surface area contributed by atoms with Crippen molar-refractivity contribution in [1.29, 1.82) is 0 Å². The van der Waals surface area contributed by atoms with E-state index >= 15 is 0 Å². The first-order chi connectivity index (χ1) is 18.3. The van der Waals surface area contributed by atoms with Crippen LogP contribution in [0.5, 0.6) is 0 Å². The number of rotatable bonds is 4. The van der Waals surface area contributed by atoms with E-state index in [1.165, 1.54) is 61.6 Å². The molecule has 2 aliphatic carbocycles. The monoisotopic (exact) mass is 613 g/mol.